The molecule has 5 nitrogen and oxygen atoms in total. The summed E-state index contributed by atoms with van der Waals surface area (Å²) in [6.45, 7) is 4.26. The van der Waals surface area contributed by atoms with E-state index in [4.69, 9.17) is 14.7 Å². The summed E-state index contributed by atoms with van der Waals surface area (Å²) in [4.78, 5) is 9.71. The summed E-state index contributed by atoms with van der Waals surface area (Å²) in [6.07, 6.45) is 4.64. The third-order valence-electron chi connectivity index (χ3n) is 5.55. The van der Waals surface area contributed by atoms with Crippen molar-refractivity contribution in [2.24, 2.45) is 7.05 Å². The van der Waals surface area contributed by atoms with Gasteiger partial charge in [-0.3, -0.25) is 4.98 Å². The van der Waals surface area contributed by atoms with Crippen molar-refractivity contribution in [1.29, 1.82) is 0 Å². The van der Waals surface area contributed by atoms with Gasteiger partial charge in [-0.05, 0) is 31.2 Å². The predicted octanol–water partition coefficient (Wildman–Crippen LogP) is 5.87. The number of nitrogens with zero attached hydrogens (tertiary/aromatic N) is 4. The zero-order valence-electron chi connectivity index (χ0n) is 19.2. The second kappa shape index (κ2) is 10.2. The topological polar surface area (TPSA) is 44.9 Å². The van der Waals surface area contributed by atoms with E-state index in [1.807, 2.05) is 66.3 Å². The number of aryl methyl sites for hydroxylation is 3. The molecule has 0 aliphatic carbocycles. The van der Waals surface area contributed by atoms with Gasteiger partial charge in [-0.25, -0.2) is 0 Å². The van der Waals surface area contributed by atoms with Gasteiger partial charge in [0, 0.05) is 31.1 Å². The minimum atomic E-state index is 0. The number of benzene rings is 3. The quantitative estimate of drug-likeness (QED) is 0.221. The summed E-state index contributed by atoms with van der Waals surface area (Å²) in [7, 11) is 1.93. The van der Waals surface area contributed by atoms with Crippen molar-refractivity contribution >= 4 is 0 Å². The fourth-order valence-electron chi connectivity index (χ4n) is 3.99. The van der Waals surface area contributed by atoms with E-state index in [0.29, 0.717) is 18.2 Å². The SMILES string of the molecule is Cc1cccc(C)c1-n1cc(-c2[c-]cccc2)nc1Cc1cn(C)c(Oc2[c-]cccc2)n1.[Pt+2]. The normalized spacial score (nSPS) is 10.7. The van der Waals surface area contributed by atoms with Crippen molar-refractivity contribution in [3.8, 4) is 28.7 Å². The van der Waals surface area contributed by atoms with Crippen LogP contribution in [0.5, 0.6) is 11.8 Å². The summed E-state index contributed by atoms with van der Waals surface area (Å²) in [5.74, 6) is 1.55. The Morgan fingerprint density at radius 1 is 0.853 bits per heavy atom. The van der Waals surface area contributed by atoms with Crippen LogP contribution >= 0.6 is 0 Å². The van der Waals surface area contributed by atoms with Gasteiger partial charge < -0.3 is 13.9 Å². The van der Waals surface area contributed by atoms with E-state index in [0.717, 1.165) is 28.5 Å². The molecular formula is C28H24N4OPt. The van der Waals surface area contributed by atoms with E-state index in [9.17, 15) is 0 Å². The molecule has 0 amide bonds. The molecule has 0 aliphatic rings. The second-order valence-corrected chi connectivity index (χ2v) is 8.06. The first-order valence-corrected chi connectivity index (χ1v) is 10.9. The summed E-state index contributed by atoms with van der Waals surface area (Å²) in [5, 5.41) is 0. The molecule has 0 spiro atoms. The van der Waals surface area contributed by atoms with E-state index >= 15 is 0 Å². The molecule has 0 radical (unpaired) electrons. The maximum absolute atomic E-state index is 5.92. The molecule has 0 unspecified atom stereocenters. The van der Waals surface area contributed by atoms with Crippen LogP contribution in [0.2, 0.25) is 0 Å². The van der Waals surface area contributed by atoms with Gasteiger partial charge in [0.25, 0.3) is 6.01 Å². The second-order valence-electron chi connectivity index (χ2n) is 8.06. The molecule has 2 aromatic heterocycles. The van der Waals surface area contributed by atoms with Crippen LogP contribution < -0.4 is 4.74 Å². The van der Waals surface area contributed by atoms with Crippen molar-refractivity contribution in [1.82, 2.24) is 19.1 Å². The molecular weight excluding hydrogens is 603 g/mol. The number of rotatable bonds is 6. The zero-order valence-corrected chi connectivity index (χ0v) is 21.5. The molecule has 3 aromatic carbocycles. The molecule has 2 heterocycles. The van der Waals surface area contributed by atoms with Crippen LogP contribution in [0.4, 0.5) is 0 Å². The van der Waals surface area contributed by atoms with E-state index < -0.39 is 0 Å². The van der Waals surface area contributed by atoms with Crippen LogP contribution in [0.3, 0.4) is 0 Å². The first-order valence-electron chi connectivity index (χ1n) is 10.9. The van der Waals surface area contributed by atoms with Crippen LogP contribution in [0.15, 0.2) is 79.1 Å². The van der Waals surface area contributed by atoms with Crippen molar-refractivity contribution in [3.05, 3.63) is 114 Å². The molecule has 6 heteroatoms. The first kappa shape index (κ1) is 23.7. The van der Waals surface area contributed by atoms with Crippen LogP contribution in [0.1, 0.15) is 22.6 Å². The van der Waals surface area contributed by atoms with Gasteiger partial charge in [0.05, 0.1) is 11.4 Å². The van der Waals surface area contributed by atoms with Crippen molar-refractivity contribution < 1.29 is 25.8 Å². The van der Waals surface area contributed by atoms with Crippen LogP contribution in [0.25, 0.3) is 16.9 Å². The minimum Gasteiger partial charge on any atom is -0.453 e. The van der Waals surface area contributed by atoms with Gasteiger partial charge in [0.1, 0.15) is 5.82 Å². The Kier molecular flexibility index (Phi) is 7.14. The number of para-hydroxylation sites is 2. The average Bonchev–Trinajstić information content (AvgIpc) is 3.38. The Hall–Kier alpha value is -3.43. The van der Waals surface area contributed by atoms with Crippen LogP contribution in [-0.4, -0.2) is 19.1 Å². The van der Waals surface area contributed by atoms with Crippen LogP contribution in [0, 0.1) is 26.0 Å². The number of aromatic nitrogens is 4. The Labute approximate surface area is 214 Å². The molecule has 0 N–H and O–H groups in total. The first-order chi connectivity index (χ1) is 16.1. The molecule has 0 saturated heterocycles. The average molecular weight is 628 g/mol. The zero-order chi connectivity index (χ0) is 22.8. The van der Waals surface area contributed by atoms with Crippen molar-refractivity contribution in [3.63, 3.8) is 0 Å². The van der Waals surface area contributed by atoms with E-state index in [2.05, 4.69) is 54.9 Å². The minimum absolute atomic E-state index is 0. The molecule has 0 saturated carbocycles. The van der Waals surface area contributed by atoms with Gasteiger partial charge >= 0.3 is 21.1 Å². The molecule has 0 atom stereocenters. The third-order valence-corrected chi connectivity index (χ3v) is 5.55. The fourth-order valence-corrected chi connectivity index (χ4v) is 3.99. The maximum Gasteiger partial charge on any atom is 2.00 e. The number of hydrogen-bond acceptors (Lipinski definition) is 3. The summed E-state index contributed by atoms with van der Waals surface area (Å²) in [5.41, 5.74) is 6.27. The molecule has 5 rings (SSSR count). The van der Waals surface area contributed by atoms with E-state index in [1.54, 1.807) is 0 Å². The molecule has 0 fully saturated rings. The maximum atomic E-state index is 5.92. The van der Waals surface area contributed by atoms with Gasteiger partial charge in [0.2, 0.25) is 0 Å². The summed E-state index contributed by atoms with van der Waals surface area (Å²) >= 11 is 0. The number of imidazole rings is 2. The standard InChI is InChI=1S/C28H24N4O.Pt/c1-20-11-10-12-21(2)27(20)32-19-25(22-13-6-4-7-14-22)30-26(32)17-23-18-31(3)28(29-23)33-24-15-8-5-9-16-24;/h4-13,15,18-19H,17H2,1-3H3;/q-2;+2. The summed E-state index contributed by atoms with van der Waals surface area (Å²) in [6, 6.07) is 28.7. The Bertz CT molecular complexity index is 1370. The predicted molar refractivity (Wildman–Crippen MR) is 129 cm³/mol. The van der Waals surface area contributed by atoms with Crippen LogP contribution in [-0.2, 0) is 34.5 Å². The van der Waals surface area contributed by atoms with Gasteiger partial charge in [-0.1, -0.05) is 18.2 Å². The Balaban J connectivity index is 0.00000274. The largest absolute Gasteiger partial charge is 2.00 e. The van der Waals surface area contributed by atoms with E-state index in [-0.39, 0.29) is 21.1 Å². The summed E-state index contributed by atoms with van der Waals surface area (Å²) < 4.78 is 9.98. The Morgan fingerprint density at radius 3 is 2.26 bits per heavy atom. The van der Waals surface area contributed by atoms with E-state index in [1.165, 1.54) is 11.1 Å². The molecule has 0 aliphatic heterocycles. The van der Waals surface area contributed by atoms with Gasteiger partial charge in [0.15, 0.2) is 0 Å². The monoisotopic (exact) mass is 627 g/mol. The number of hydrogen-bond donors (Lipinski definition) is 0. The third kappa shape index (κ3) is 4.90. The molecule has 5 aromatic rings. The smallest absolute Gasteiger partial charge is 0.453 e. The van der Waals surface area contributed by atoms with Crippen molar-refractivity contribution in [2.75, 3.05) is 0 Å². The van der Waals surface area contributed by atoms with Gasteiger partial charge in [-0.15, -0.1) is 48.0 Å². The Morgan fingerprint density at radius 2 is 1.59 bits per heavy atom. The number of ether oxygens (including phenoxy) is 1. The molecule has 34 heavy (non-hydrogen) atoms. The van der Waals surface area contributed by atoms with Crippen molar-refractivity contribution in [2.45, 2.75) is 20.3 Å². The van der Waals surface area contributed by atoms with Gasteiger partial charge in [-0.2, -0.15) is 23.2 Å². The molecule has 0 bridgehead atoms. The fraction of sp³-hybridized carbons (Fsp3) is 0.143. The molecule has 172 valence electrons.